The van der Waals surface area contributed by atoms with E-state index in [0.29, 0.717) is 24.3 Å². The summed E-state index contributed by atoms with van der Waals surface area (Å²) in [5.74, 6) is -1.77. The molecule has 0 amide bonds. The van der Waals surface area contributed by atoms with E-state index in [1.165, 1.54) is 7.11 Å². The fourth-order valence-corrected chi connectivity index (χ4v) is 3.71. The standard InChI is InChI=1S/C26H27NO8/c1-32-17-10-8-16(9-11-17)12-13-35-21-7-5-4-6-18(21)19(14-22(28)33-2)23-24(29)20(26(31)34-3)15-27-25(23)30/h4-11,15,19H,12-14H2,1-3H3,(H2,27,29,30)/t19-/m0/s1. The van der Waals surface area contributed by atoms with E-state index in [4.69, 9.17) is 14.2 Å². The summed E-state index contributed by atoms with van der Waals surface area (Å²) in [7, 11) is 3.99. The highest BCUT2D eigenvalue weighted by atomic mass is 16.5. The van der Waals surface area contributed by atoms with Gasteiger partial charge in [-0.25, -0.2) is 4.79 Å². The first-order valence-electron chi connectivity index (χ1n) is 10.8. The highest BCUT2D eigenvalue weighted by molar-refractivity contribution is 5.92. The Morgan fingerprint density at radius 3 is 2.37 bits per heavy atom. The van der Waals surface area contributed by atoms with E-state index in [9.17, 15) is 19.5 Å². The maximum Gasteiger partial charge on any atom is 0.343 e. The molecule has 2 N–H and O–H groups in total. The second-order valence-corrected chi connectivity index (χ2v) is 7.60. The highest BCUT2D eigenvalue weighted by Gasteiger charge is 2.30. The predicted molar refractivity (Wildman–Crippen MR) is 127 cm³/mol. The molecule has 35 heavy (non-hydrogen) atoms. The summed E-state index contributed by atoms with van der Waals surface area (Å²) in [6, 6.07) is 14.5. The van der Waals surface area contributed by atoms with E-state index >= 15 is 0 Å². The lowest BCUT2D eigenvalue weighted by Gasteiger charge is -2.21. The Hall–Kier alpha value is -4.27. The van der Waals surface area contributed by atoms with Crippen LogP contribution in [0.1, 0.15) is 39.4 Å². The summed E-state index contributed by atoms with van der Waals surface area (Å²) in [5, 5.41) is 10.8. The summed E-state index contributed by atoms with van der Waals surface area (Å²) in [6.45, 7) is 0.318. The quantitative estimate of drug-likeness (QED) is 0.423. The average molecular weight is 482 g/mol. The van der Waals surface area contributed by atoms with Gasteiger partial charge in [-0.15, -0.1) is 0 Å². The minimum Gasteiger partial charge on any atom is -0.506 e. The number of pyridine rings is 1. The van der Waals surface area contributed by atoms with Crippen molar-refractivity contribution in [2.45, 2.75) is 18.8 Å². The third-order valence-electron chi connectivity index (χ3n) is 5.56. The van der Waals surface area contributed by atoms with Crippen molar-refractivity contribution >= 4 is 11.9 Å². The summed E-state index contributed by atoms with van der Waals surface area (Å²) >= 11 is 0. The SMILES string of the molecule is COC(=O)C[C@@H](c1ccccc1OCCc1ccc(OC)cc1)c1c(O)c(C(=O)OC)c[nH]c1=O. The minimum atomic E-state index is -0.951. The Bertz CT molecular complexity index is 1230. The summed E-state index contributed by atoms with van der Waals surface area (Å²) in [6.07, 6.45) is 1.40. The van der Waals surface area contributed by atoms with E-state index in [-0.39, 0.29) is 17.5 Å². The fourth-order valence-electron chi connectivity index (χ4n) is 3.71. The van der Waals surface area contributed by atoms with Crippen LogP contribution in [0, 0.1) is 0 Å². The Balaban J connectivity index is 1.96. The Morgan fingerprint density at radius 1 is 1.00 bits per heavy atom. The normalized spacial score (nSPS) is 11.4. The van der Waals surface area contributed by atoms with Crippen LogP contribution >= 0.6 is 0 Å². The summed E-state index contributed by atoms with van der Waals surface area (Å²) in [5.41, 5.74) is 0.473. The molecule has 1 atom stereocenters. The van der Waals surface area contributed by atoms with E-state index in [2.05, 4.69) is 9.72 Å². The van der Waals surface area contributed by atoms with Crippen molar-refractivity contribution in [1.29, 1.82) is 0 Å². The Morgan fingerprint density at radius 2 is 1.71 bits per heavy atom. The molecular formula is C26H27NO8. The van der Waals surface area contributed by atoms with Crippen LogP contribution in [0.4, 0.5) is 0 Å². The number of hydrogen-bond acceptors (Lipinski definition) is 8. The third kappa shape index (κ3) is 6.00. The van der Waals surface area contributed by atoms with Crippen LogP contribution in [-0.2, 0) is 20.7 Å². The van der Waals surface area contributed by atoms with E-state index in [1.807, 2.05) is 24.3 Å². The van der Waals surface area contributed by atoms with Crippen LogP contribution in [-0.4, -0.2) is 50.0 Å². The van der Waals surface area contributed by atoms with Gasteiger partial charge in [-0.2, -0.15) is 0 Å². The van der Waals surface area contributed by atoms with Gasteiger partial charge in [-0.3, -0.25) is 9.59 Å². The maximum absolute atomic E-state index is 12.8. The summed E-state index contributed by atoms with van der Waals surface area (Å²) in [4.78, 5) is 39.6. The van der Waals surface area contributed by atoms with Crippen LogP contribution in [0.3, 0.4) is 0 Å². The maximum atomic E-state index is 12.8. The van der Waals surface area contributed by atoms with E-state index in [1.54, 1.807) is 31.4 Å². The van der Waals surface area contributed by atoms with Crippen molar-refractivity contribution in [3.63, 3.8) is 0 Å². The molecule has 184 valence electrons. The van der Waals surface area contributed by atoms with E-state index < -0.39 is 29.2 Å². The van der Waals surface area contributed by atoms with Crippen molar-refractivity contribution in [3.05, 3.63) is 87.3 Å². The molecule has 0 saturated heterocycles. The number of para-hydroxylation sites is 1. The molecule has 0 saturated carbocycles. The number of esters is 2. The number of aromatic nitrogens is 1. The molecule has 9 nitrogen and oxygen atoms in total. The average Bonchev–Trinajstić information content (AvgIpc) is 2.88. The van der Waals surface area contributed by atoms with Gasteiger partial charge in [-0.05, 0) is 23.8 Å². The molecule has 3 rings (SSSR count). The van der Waals surface area contributed by atoms with Crippen molar-refractivity contribution < 1.29 is 33.6 Å². The lowest BCUT2D eigenvalue weighted by Crippen LogP contribution is -2.22. The number of rotatable bonds is 10. The molecule has 0 aliphatic rings. The minimum absolute atomic E-state index is 0.162. The number of carbonyl (C=O) groups excluding carboxylic acids is 2. The van der Waals surface area contributed by atoms with Crippen LogP contribution in [0.25, 0.3) is 0 Å². The monoisotopic (exact) mass is 481 g/mol. The van der Waals surface area contributed by atoms with Gasteiger partial charge in [0, 0.05) is 24.1 Å². The Kier molecular flexibility index (Phi) is 8.50. The zero-order valence-corrected chi connectivity index (χ0v) is 19.7. The number of carbonyl (C=O) groups is 2. The molecule has 1 aromatic heterocycles. The third-order valence-corrected chi connectivity index (χ3v) is 5.56. The molecule has 0 radical (unpaired) electrons. The van der Waals surface area contributed by atoms with Crippen molar-refractivity contribution in [2.75, 3.05) is 27.9 Å². The van der Waals surface area contributed by atoms with E-state index in [0.717, 1.165) is 24.6 Å². The first kappa shape index (κ1) is 25.4. The number of aromatic amines is 1. The van der Waals surface area contributed by atoms with Gasteiger partial charge in [0.05, 0.1) is 39.9 Å². The molecule has 0 fully saturated rings. The topological polar surface area (TPSA) is 124 Å². The molecule has 0 bridgehead atoms. The van der Waals surface area contributed by atoms with Crippen molar-refractivity contribution in [2.24, 2.45) is 0 Å². The van der Waals surface area contributed by atoms with Gasteiger partial charge in [-0.1, -0.05) is 30.3 Å². The molecule has 0 spiro atoms. The fraction of sp³-hybridized carbons (Fsp3) is 0.269. The number of methoxy groups -OCH3 is 3. The van der Waals surface area contributed by atoms with Gasteiger partial charge >= 0.3 is 11.9 Å². The lowest BCUT2D eigenvalue weighted by atomic mass is 9.87. The number of H-pyrrole nitrogens is 1. The van der Waals surface area contributed by atoms with Crippen LogP contribution in [0.15, 0.2) is 59.5 Å². The second-order valence-electron chi connectivity index (χ2n) is 7.60. The number of aromatic hydroxyl groups is 1. The molecular weight excluding hydrogens is 454 g/mol. The molecule has 0 aliphatic carbocycles. The zero-order valence-electron chi connectivity index (χ0n) is 19.7. The van der Waals surface area contributed by atoms with Gasteiger partial charge < -0.3 is 29.0 Å². The van der Waals surface area contributed by atoms with Gasteiger partial charge in [0.15, 0.2) is 0 Å². The first-order valence-corrected chi connectivity index (χ1v) is 10.8. The molecule has 9 heteroatoms. The van der Waals surface area contributed by atoms with Gasteiger partial charge in [0.25, 0.3) is 5.56 Å². The van der Waals surface area contributed by atoms with Crippen LogP contribution in [0.5, 0.6) is 17.2 Å². The van der Waals surface area contributed by atoms with Crippen molar-refractivity contribution in [3.8, 4) is 17.2 Å². The Labute approximate surface area is 202 Å². The van der Waals surface area contributed by atoms with Crippen LogP contribution in [0.2, 0.25) is 0 Å². The number of nitrogens with one attached hydrogen (secondary N) is 1. The highest BCUT2D eigenvalue weighted by Crippen LogP contribution is 2.38. The molecule has 2 aromatic carbocycles. The zero-order chi connectivity index (χ0) is 25.4. The molecule has 3 aromatic rings. The smallest absolute Gasteiger partial charge is 0.343 e. The number of hydrogen-bond donors (Lipinski definition) is 2. The molecule has 0 unspecified atom stereocenters. The van der Waals surface area contributed by atoms with Gasteiger partial charge in [0.1, 0.15) is 22.8 Å². The molecule has 1 heterocycles. The first-order chi connectivity index (χ1) is 16.9. The largest absolute Gasteiger partial charge is 0.506 e. The van der Waals surface area contributed by atoms with Gasteiger partial charge in [0.2, 0.25) is 0 Å². The van der Waals surface area contributed by atoms with Crippen LogP contribution < -0.4 is 15.0 Å². The molecule has 0 aliphatic heterocycles. The second kappa shape index (κ2) is 11.7. The number of benzene rings is 2. The summed E-state index contributed by atoms with van der Waals surface area (Å²) < 4.78 is 20.7. The lowest BCUT2D eigenvalue weighted by molar-refractivity contribution is -0.140. The van der Waals surface area contributed by atoms with Crippen molar-refractivity contribution in [1.82, 2.24) is 4.98 Å². The predicted octanol–water partition coefficient (Wildman–Crippen LogP) is 3.19. The number of ether oxygens (including phenoxy) is 4.